The summed E-state index contributed by atoms with van der Waals surface area (Å²) in [5.74, 6) is -0.0146. The van der Waals surface area contributed by atoms with Gasteiger partial charge in [-0.25, -0.2) is 9.78 Å². The van der Waals surface area contributed by atoms with Crippen LogP contribution in [0.25, 0.3) is 16.9 Å². The molecule has 0 bridgehead atoms. The Bertz CT molecular complexity index is 1480. The molecule has 4 rings (SSSR count). The minimum atomic E-state index is -0.744. The third kappa shape index (κ3) is 5.25. The van der Waals surface area contributed by atoms with Crippen molar-refractivity contribution in [3.63, 3.8) is 0 Å². The summed E-state index contributed by atoms with van der Waals surface area (Å²) in [4.78, 5) is 50.5. The number of carbonyl (C=O) groups is 1. The second-order valence-electron chi connectivity index (χ2n) is 10.6. The lowest BCUT2D eigenvalue weighted by atomic mass is 10.0. The van der Waals surface area contributed by atoms with Crippen molar-refractivity contribution in [3.8, 4) is 5.69 Å². The van der Waals surface area contributed by atoms with E-state index in [-0.39, 0.29) is 27.8 Å². The summed E-state index contributed by atoms with van der Waals surface area (Å²) >= 11 is 12.7. The van der Waals surface area contributed by atoms with E-state index in [9.17, 15) is 14.4 Å². The second kappa shape index (κ2) is 10.1. The van der Waals surface area contributed by atoms with E-state index in [1.807, 2.05) is 41.5 Å². The number of likely N-dealkylation sites (tertiary alicyclic amines) is 1. The monoisotopic (exact) mass is 547 g/mol. The van der Waals surface area contributed by atoms with Gasteiger partial charge in [-0.05, 0) is 64.2 Å². The molecule has 0 N–H and O–H groups in total. The van der Waals surface area contributed by atoms with Crippen LogP contribution >= 0.6 is 23.2 Å². The molecule has 3 aromatic heterocycles. The molecule has 0 radical (unpaired) electrons. The fraction of sp³-hybridized carbons (Fsp3) is 0.500. The van der Waals surface area contributed by atoms with Gasteiger partial charge in [-0.1, -0.05) is 37.0 Å². The molecule has 1 fully saturated rings. The van der Waals surface area contributed by atoms with Gasteiger partial charge in [0.05, 0.1) is 21.9 Å². The van der Waals surface area contributed by atoms with Gasteiger partial charge in [0.25, 0.3) is 0 Å². The van der Waals surface area contributed by atoms with Crippen molar-refractivity contribution in [1.29, 1.82) is 0 Å². The molecule has 1 amide bonds. The Balaban J connectivity index is 1.87. The van der Waals surface area contributed by atoms with E-state index in [2.05, 4.69) is 9.97 Å². The minimum absolute atomic E-state index is 0.0146. The van der Waals surface area contributed by atoms with Crippen LogP contribution in [0.4, 0.5) is 4.79 Å². The predicted molar refractivity (Wildman–Crippen MR) is 144 cm³/mol. The highest BCUT2D eigenvalue weighted by molar-refractivity contribution is 6.41. The van der Waals surface area contributed by atoms with Gasteiger partial charge in [0.2, 0.25) is 0 Å². The van der Waals surface area contributed by atoms with Crippen molar-refractivity contribution in [2.45, 2.75) is 71.9 Å². The van der Waals surface area contributed by atoms with E-state index in [1.165, 1.54) is 9.13 Å². The van der Waals surface area contributed by atoms with E-state index in [0.717, 1.165) is 5.56 Å². The molecule has 0 aliphatic carbocycles. The van der Waals surface area contributed by atoms with Crippen molar-refractivity contribution in [3.05, 3.63) is 60.5 Å². The summed E-state index contributed by atoms with van der Waals surface area (Å²) in [6.07, 6.45) is 2.20. The SMILES string of the molecule is Cc1ccnc(C(C)C)c1-n1c(=O)c(=O)n(C2CCN(C(=O)OC(C)(C)C)CC2)c2cc(Cl)c(Cl)nc21. The highest BCUT2D eigenvalue weighted by Crippen LogP contribution is 2.31. The van der Waals surface area contributed by atoms with Crippen LogP contribution in [-0.4, -0.2) is 48.8 Å². The van der Waals surface area contributed by atoms with Gasteiger partial charge < -0.3 is 9.64 Å². The molecular weight excluding hydrogens is 517 g/mol. The molecule has 37 heavy (non-hydrogen) atoms. The Hall–Kier alpha value is -2.91. The molecule has 1 aliphatic rings. The van der Waals surface area contributed by atoms with Crippen LogP contribution in [0.1, 0.15) is 70.7 Å². The quantitative estimate of drug-likeness (QED) is 0.327. The zero-order valence-corrected chi connectivity index (χ0v) is 23.4. The maximum absolute atomic E-state index is 13.7. The van der Waals surface area contributed by atoms with Gasteiger partial charge in [-0.15, -0.1) is 0 Å². The Morgan fingerprint density at radius 1 is 1.14 bits per heavy atom. The smallest absolute Gasteiger partial charge is 0.410 e. The second-order valence-corrected chi connectivity index (χ2v) is 11.4. The molecule has 11 heteroatoms. The number of hydrogen-bond acceptors (Lipinski definition) is 6. The first-order valence-electron chi connectivity index (χ1n) is 12.3. The van der Waals surface area contributed by atoms with Crippen LogP contribution in [0.2, 0.25) is 10.2 Å². The lowest BCUT2D eigenvalue weighted by Crippen LogP contribution is -2.47. The van der Waals surface area contributed by atoms with E-state index in [1.54, 1.807) is 23.2 Å². The van der Waals surface area contributed by atoms with Crippen molar-refractivity contribution in [2.75, 3.05) is 13.1 Å². The fourth-order valence-electron chi connectivity index (χ4n) is 4.68. The standard InChI is InChI=1S/C26H31Cl2N5O4/c1-14(2)19-20(15(3)7-10-29-19)33-22-18(13-17(27)21(28)30-22)32(23(34)24(33)35)16-8-11-31(12-9-16)25(36)37-26(4,5)6/h7,10,13-14,16H,8-9,11-12H2,1-6H3. The van der Waals surface area contributed by atoms with Gasteiger partial charge in [0.15, 0.2) is 5.65 Å². The number of hydrogen-bond donors (Lipinski definition) is 0. The summed E-state index contributed by atoms with van der Waals surface area (Å²) in [6, 6.07) is 3.02. The van der Waals surface area contributed by atoms with Crippen LogP contribution in [-0.2, 0) is 4.74 Å². The normalized spacial score (nSPS) is 15.0. The largest absolute Gasteiger partial charge is 0.444 e. The summed E-state index contributed by atoms with van der Waals surface area (Å²) in [5, 5.41) is 0.200. The van der Waals surface area contributed by atoms with E-state index >= 15 is 0 Å². The Morgan fingerprint density at radius 2 is 1.78 bits per heavy atom. The van der Waals surface area contributed by atoms with Gasteiger partial charge in [-0.3, -0.25) is 23.7 Å². The number of nitrogens with zero attached hydrogens (tertiary/aromatic N) is 5. The summed E-state index contributed by atoms with van der Waals surface area (Å²) in [7, 11) is 0. The molecule has 1 saturated heterocycles. The molecule has 0 saturated carbocycles. The molecule has 3 aromatic rings. The first kappa shape index (κ1) is 27.1. The van der Waals surface area contributed by atoms with E-state index < -0.39 is 22.8 Å². The number of aromatic nitrogens is 4. The van der Waals surface area contributed by atoms with Crippen LogP contribution in [0, 0.1) is 6.92 Å². The molecule has 0 unspecified atom stereocenters. The average Bonchev–Trinajstić information content (AvgIpc) is 2.81. The number of carbonyl (C=O) groups excluding carboxylic acids is 1. The number of aryl methyl sites for hydroxylation is 1. The highest BCUT2D eigenvalue weighted by atomic mass is 35.5. The molecule has 0 aromatic carbocycles. The molecule has 198 valence electrons. The number of amides is 1. The maximum atomic E-state index is 13.7. The third-order valence-electron chi connectivity index (χ3n) is 6.38. The van der Waals surface area contributed by atoms with Gasteiger partial charge in [0.1, 0.15) is 10.8 Å². The van der Waals surface area contributed by atoms with Crippen molar-refractivity contribution >= 4 is 40.5 Å². The Labute approximate surface area is 225 Å². The molecule has 0 spiro atoms. The number of pyridine rings is 2. The number of ether oxygens (including phenoxy) is 1. The summed E-state index contributed by atoms with van der Waals surface area (Å²) in [6.45, 7) is 12.0. The maximum Gasteiger partial charge on any atom is 0.410 e. The molecular formula is C26H31Cl2N5O4. The predicted octanol–water partition coefficient (Wildman–Crippen LogP) is 5.25. The van der Waals surface area contributed by atoms with Crippen LogP contribution < -0.4 is 11.1 Å². The number of piperidine rings is 1. The highest BCUT2D eigenvalue weighted by Gasteiger charge is 2.31. The summed E-state index contributed by atoms with van der Waals surface area (Å²) < 4.78 is 8.25. The van der Waals surface area contributed by atoms with Gasteiger partial charge in [-0.2, -0.15) is 0 Å². The molecule has 4 heterocycles. The van der Waals surface area contributed by atoms with E-state index in [0.29, 0.717) is 42.8 Å². The Kier molecular flexibility index (Phi) is 7.41. The first-order valence-corrected chi connectivity index (χ1v) is 13.0. The van der Waals surface area contributed by atoms with Crippen molar-refractivity contribution in [2.24, 2.45) is 0 Å². The number of fused-ring (bicyclic) bond motifs is 1. The van der Waals surface area contributed by atoms with Crippen molar-refractivity contribution < 1.29 is 9.53 Å². The van der Waals surface area contributed by atoms with Crippen LogP contribution in [0.5, 0.6) is 0 Å². The van der Waals surface area contributed by atoms with Crippen LogP contribution in [0.15, 0.2) is 27.9 Å². The van der Waals surface area contributed by atoms with Gasteiger partial charge >= 0.3 is 17.2 Å². The topological polar surface area (TPSA) is 99.3 Å². The van der Waals surface area contributed by atoms with Crippen molar-refractivity contribution in [1.82, 2.24) is 24.0 Å². The van der Waals surface area contributed by atoms with Crippen LogP contribution in [0.3, 0.4) is 0 Å². The third-order valence-corrected chi connectivity index (χ3v) is 7.05. The molecule has 0 atom stereocenters. The number of halogens is 2. The zero-order chi connectivity index (χ0) is 27.2. The lowest BCUT2D eigenvalue weighted by molar-refractivity contribution is 0.0188. The molecule has 9 nitrogen and oxygen atoms in total. The minimum Gasteiger partial charge on any atom is -0.444 e. The lowest BCUT2D eigenvalue weighted by Gasteiger charge is -2.34. The molecule has 1 aliphatic heterocycles. The van der Waals surface area contributed by atoms with Gasteiger partial charge in [0, 0.05) is 25.3 Å². The Morgan fingerprint density at radius 3 is 2.38 bits per heavy atom. The zero-order valence-electron chi connectivity index (χ0n) is 21.8. The summed E-state index contributed by atoms with van der Waals surface area (Å²) in [5.41, 5.74) is 0.540. The fourth-order valence-corrected chi connectivity index (χ4v) is 4.96. The average molecular weight is 548 g/mol. The first-order chi connectivity index (χ1) is 17.3. The van der Waals surface area contributed by atoms with E-state index in [4.69, 9.17) is 27.9 Å². The number of rotatable bonds is 3.